The summed E-state index contributed by atoms with van der Waals surface area (Å²) in [6.45, 7) is 5.15. The minimum atomic E-state index is -1.25. The van der Waals surface area contributed by atoms with Crippen LogP contribution >= 0.6 is 15.9 Å². The highest BCUT2D eigenvalue weighted by molar-refractivity contribution is 9.10. The van der Waals surface area contributed by atoms with Gasteiger partial charge in [-0.2, -0.15) is 5.06 Å². The molecule has 13 heteroatoms. The van der Waals surface area contributed by atoms with Gasteiger partial charge in [-0.05, 0) is 37.3 Å². The topological polar surface area (TPSA) is 146 Å². The summed E-state index contributed by atoms with van der Waals surface area (Å²) in [7, 11) is 0. The van der Waals surface area contributed by atoms with Crippen LogP contribution in [-0.2, 0) is 9.59 Å². The van der Waals surface area contributed by atoms with Crippen LogP contribution in [0.1, 0.15) is 13.3 Å². The van der Waals surface area contributed by atoms with Crippen molar-refractivity contribution >= 4 is 61.9 Å². The van der Waals surface area contributed by atoms with E-state index >= 15 is 0 Å². The molecule has 4 N–H and O–H groups in total. The lowest BCUT2D eigenvalue weighted by Gasteiger charge is -2.23. The van der Waals surface area contributed by atoms with Crippen LogP contribution in [0.15, 0.2) is 53.8 Å². The first kappa shape index (κ1) is 26.3. The first-order valence-electron chi connectivity index (χ1n) is 10.6. The molecule has 0 aliphatic rings. The van der Waals surface area contributed by atoms with Crippen LogP contribution in [0.5, 0.6) is 5.75 Å². The number of benzene rings is 2. The van der Waals surface area contributed by atoms with Gasteiger partial charge >= 0.3 is 6.09 Å². The predicted octanol–water partition coefficient (Wildman–Crippen LogP) is 4.20. The first-order valence-corrected chi connectivity index (χ1v) is 11.4. The third-order valence-electron chi connectivity index (χ3n) is 4.75. The zero-order valence-corrected chi connectivity index (χ0v) is 20.6. The van der Waals surface area contributed by atoms with Crippen LogP contribution in [0.2, 0.25) is 0 Å². The summed E-state index contributed by atoms with van der Waals surface area (Å²) in [5.41, 5.74) is 0.733. The number of carbonyl (C=O) groups excluding carboxylic acids is 2. The molecule has 3 aromatic rings. The first-order chi connectivity index (χ1) is 17.2. The lowest BCUT2D eigenvalue weighted by Crippen LogP contribution is -2.36. The van der Waals surface area contributed by atoms with E-state index in [1.54, 1.807) is 13.0 Å². The van der Waals surface area contributed by atoms with E-state index < -0.39 is 23.7 Å². The molecular formula is C23H22BrFN6O5. The van der Waals surface area contributed by atoms with Crippen LogP contribution < -0.4 is 20.8 Å². The summed E-state index contributed by atoms with van der Waals surface area (Å²) in [6, 6.07) is 7.52. The number of aromatic nitrogens is 2. The maximum Gasteiger partial charge on any atom is 0.404 e. The molecule has 0 saturated carbocycles. The van der Waals surface area contributed by atoms with Crippen molar-refractivity contribution in [3.8, 4) is 5.75 Å². The summed E-state index contributed by atoms with van der Waals surface area (Å²) < 4.78 is 15.0. The van der Waals surface area contributed by atoms with Gasteiger partial charge in [0, 0.05) is 28.9 Å². The van der Waals surface area contributed by atoms with Gasteiger partial charge in [-0.25, -0.2) is 19.2 Å². The van der Waals surface area contributed by atoms with Crippen molar-refractivity contribution < 1.29 is 28.7 Å². The average molecular weight is 561 g/mol. The van der Waals surface area contributed by atoms with Crippen molar-refractivity contribution in [1.29, 1.82) is 0 Å². The second kappa shape index (κ2) is 11.9. The van der Waals surface area contributed by atoms with Crippen LogP contribution in [0, 0.1) is 5.82 Å². The summed E-state index contributed by atoms with van der Waals surface area (Å²) >= 11 is 3.21. The molecule has 0 bridgehead atoms. The third kappa shape index (κ3) is 6.66. The van der Waals surface area contributed by atoms with E-state index in [2.05, 4.69) is 48.4 Å². The quantitative estimate of drug-likeness (QED) is 0.213. The largest absolute Gasteiger partial charge is 0.465 e. The van der Waals surface area contributed by atoms with Gasteiger partial charge in [-0.1, -0.05) is 22.5 Å². The van der Waals surface area contributed by atoms with E-state index in [4.69, 9.17) is 9.94 Å². The lowest BCUT2D eigenvalue weighted by atomic mass is 10.2. The minimum Gasteiger partial charge on any atom is -0.465 e. The van der Waals surface area contributed by atoms with Gasteiger partial charge in [0.25, 0.3) is 5.91 Å². The molecule has 0 fully saturated rings. The van der Waals surface area contributed by atoms with E-state index in [0.29, 0.717) is 15.4 Å². The van der Waals surface area contributed by atoms with Crippen molar-refractivity contribution in [2.24, 2.45) is 0 Å². The zero-order chi connectivity index (χ0) is 26.2. The number of hydrogen-bond acceptors (Lipinski definition) is 7. The maximum absolute atomic E-state index is 14.4. The van der Waals surface area contributed by atoms with E-state index in [-0.39, 0.29) is 42.5 Å². The van der Waals surface area contributed by atoms with Crippen molar-refractivity contribution in [3.63, 3.8) is 0 Å². The van der Waals surface area contributed by atoms with Gasteiger partial charge in [-0.15, -0.1) is 0 Å². The Balaban J connectivity index is 1.98. The van der Waals surface area contributed by atoms with Crippen molar-refractivity contribution in [2.75, 3.05) is 23.7 Å². The van der Waals surface area contributed by atoms with Crippen LogP contribution in [0.25, 0.3) is 10.9 Å². The Hall–Kier alpha value is -4.26. The van der Waals surface area contributed by atoms with Gasteiger partial charge in [0.05, 0.1) is 23.4 Å². The molecule has 36 heavy (non-hydrogen) atoms. The Kier molecular flexibility index (Phi) is 8.73. The molecule has 0 radical (unpaired) electrons. The summed E-state index contributed by atoms with van der Waals surface area (Å²) in [5, 5.41) is 17.8. The number of nitrogens with zero attached hydrogens (tertiary/aromatic N) is 3. The molecule has 3 rings (SSSR count). The van der Waals surface area contributed by atoms with Gasteiger partial charge in [0.15, 0.2) is 5.75 Å². The van der Waals surface area contributed by atoms with Gasteiger partial charge < -0.3 is 25.9 Å². The van der Waals surface area contributed by atoms with Gasteiger partial charge in [0.1, 0.15) is 18.0 Å². The van der Waals surface area contributed by atoms with E-state index in [9.17, 15) is 18.8 Å². The number of hydrogen-bond donors (Lipinski definition) is 4. The Bertz CT molecular complexity index is 1320. The number of amides is 3. The number of carboxylic acid groups (broad SMARTS) is 1. The SMILES string of the molecule is C=CC(=O)Nc1cc2c(Nc3ccc(Br)cc3F)ncnc2cc1ON(CC)C(=O)CCNC(=O)O. The number of halogens is 2. The second-order valence-electron chi connectivity index (χ2n) is 7.19. The summed E-state index contributed by atoms with van der Waals surface area (Å²) in [4.78, 5) is 49.4. The van der Waals surface area contributed by atoms with E-state index in [1.165, 1.54) is 30.6 Å². The number of anilines is 3. The van der Waals surface area contributed by atoms with Crippen LogP contribution in [0.4, 0.5) is 26.4 Å². The molecule has 1 heterocycles. The monoisotopic (exact) mass is 560 g/mol. The lowest BCUT2D eigenvalue weighted by molar-refractivity contribution is -0.156. The number of fused-ring (bicyclic) bond motifs is 1. The Morgan fingerprint density at radius 2 is 2.00 bits per heavy atom. The third-order valence-corrected chi connectivity index (χ3v) is 5.25. The standard InChI is InChI=1S/C23H22BrFN6O5/c1-3-20(32)29-18-10-14-17(11-19(18)36-31(4-2)21(33)7-8-26-23(34)35)27-12-28-22(14)30-16-6-5-13(24)9-15(16)25/h3,5-6,9-12,26H,1,4,7-8H2,2H3,(H,29,32)(H,34,35)(H,27,28,30). The Labute approximate surface area is 213 Å². The molecule has 0 unspecified atom stereocenters. The molecule has 0 aliphatic heterocycles. The molecule has 0 saturated heterocycles. The summed E-state index contributed by atoms with van der Waals surface area (Å²) in [5.74, 6) is -1.16. The minimum absolute atomic E-state index is 0.0959. The molecule has 11 nitrogen and oxygen atoms in total. The Morgan fingerprint density at radius 1 is 1.22 bits per heavy atom. The summed E-state index contributed by atoms with van der Waals surface area (Å²) in [6.07, 6.45) is 0.944. The fourth-order valence-corrected chi connectivity index (χ4v) is 3.40. The number of carbonyl (C=O) groups is 3. The normalized spacial score (nSPS) is 10.4. The van der Waals surface area contributed by atoms with Gasteiger partial charge in [-0.3, -0.25) is 9.59 Å². The van der Waals surface area contributed by atoms with Gasteiger partial charge in [0.2, 0.25) is 5.91 Å². The van der Waals surface area contributed by atoms with E-state index in [1.807, 2.05) is 0 Å². The van der Waals surface area contributed by atoms with Crippen molar-refractivity contribution in [2.45, 2.75) is 13.3 Å². The molecule has 0 aliphatic carbocycles. The highest BCUT2D eigenvalue weighted by Gasteiger charge is 2.19. The number of hydroxylamine groups is 2. The second-order valence-corrected chi connectivity index (χ2v) is 8.11. The van der Waals surface area contributed by atoms with Crippen LogP contribution in [-0.4, -0.2) is 51.1 Å². The molecule has 188 valence electrons. The molecule has 0 spiro atoms. The smallest absolute Gasteiger partial charge is 0.404 e. The maximum atomic E-state index is 14.4. The van der Waals surface area contributed by atoms with E-state index in [0.717, 1.165) is 11.1 Å². The van der Waals surface area contributed by atoms with Crippen LogP contribution in [0.3, 0.4) is 0 Å². The predicted molar refractivity (Wildman–Crippen MR) is 134 cm³/mol. The highest BCUT2D eigenvalue weighted by atomic mass is 79.9. The Morgan fingerprint density at radius 3 is 2.67 bits per heavy atom. The van der Waals surface area contributed by atoms with Crippen molar-refractivity contribution in [3.05, 3.63) is 59.6 Å². The zero-order valence-electron chi connectivity index (χ0n) is 19.0. The molecule has 3 amide bonds. The molecule has 0 atom stereocenters. The number of nitrogens with one attached hydrogen (secondary N) is 3. The molecule has 1 aromatic heterocycles. The molecular weight excluding hydrogens is 539 g/mol. The number of rotatable bonds is 10. The fourth-order valence-electron chi connectivity index (χ4n) is 3.07. The fraction of sp³-hybridized carbons (Fsp3) is 0.174. The molecule has 2 aromatic carbocycles. The highest BCUT2D eigenvalue weighted by Crippen LogP contribution is 2.34. The van der Waals surface area contributed by atoms with Crippen molar-refractivity contribution in [1.82, 2.24) is 20.3 Å². The average Bonchev–Trinajstić information content (AvgIpc) is 2.84.